The molecule has 1 unspecified atom stereocenters. The molecular weight excluding hydrogens is 170 g/mol. The zero-order chi connectivity index (χ0) is 10.3. The van der Waals surface area contributed by atoms with Crippen LogP contribution in [-0.4, -0.2) is 34.9 Å². The van der Waals surface area contributed by atoms with Crippen LogP contribution < -0.4 is 5.32 Å². The standard InChI is InChI=1S/C9H19NO3/c1-3-9(2,13)7-10-8(12)5-4-6-11/h11,13H,3-7H2,1-2H3,(H,10,12). The van der Waals surface area contributed by atoms with Crippen LogP contribution in [0.15, 0.2) is 0 Å². The fourth-order valence-electron chi connectivity index (χ4n) is 0.742. The average molecular weight is 189 g/mol. The number of aliphatic hydroxyl groups is 2. The minimum atomic E-state index is -0.825. The van der Waals surface area contributed by atoms with Crippen molar-refractivity contribution in [2.24, 2.45) is 0 Å². The van der Waals surface area contributed by atoms with Crippen molar-refractivity contribution in [1.82, 2.24) is 5.32 Å². The van der Waals surface area contributed by atoms with Gasteiger partial charge in [-0.3, -0.25) is 4.79 Å². The van der Waals surface area contributed by atoms with E-state index in [1.54, 1.807) is 6.92 Å². The Bertz CT molecular complexity index is 157. The monoisotopic (exact) mass is 189 g/mol. The highest BCUT2D eigenvalue weighted by molar-refractivity contribution is 5.75. The van der Waals surface area contributed by atoms with Gasteiger partial charge in [0.15, 0.2) is 0 Å². The van der Waals surface area contributed by atoms with E-state index in [4.69, 9.17) is 5.11 Å². The molecule has 0 rings (SSSR count). The molecule has 4 nitrogen and oxygen atoms in total. The van der Waals surface area contributed by atoms with Gasteiger partial charge in [-0.2, -0.15) is 0 Å². The second-order valence-corrected chi connectivity index (χ2v) is 3.45. The SMILES string of the molecule is CCC(C)(O)CNC(=O)CCCO. The first-order valence-electron chi connectivity index (χ1n) is 4.62. The number of amides is 1. The molecule has 0 aliphatic carbocycles. The van der Waals surface area contributed by atoms with Gasteiger partial charge in [-0.05, 0) is 19.8 Å². The molecule has 13 heavy (non-hydrogen) atoms. The molecule has 0 aromatic carbocycles. The summed E-state index contributed by atoms with van der Waals surface area (Å²) in [5.41, 5.74) is -0.825. The van der Waals surface area contributed by atoms with Crippen LogP contribution >= 0.6 is 0 Å². The lowest BCUT2D eigenvalue weighted by Crippen LogP contribution is -2.40. The van der Waals surface area contributed by atoms with E-state index >= 15 is 0 Å². The Morgan fingerprint density at radius 1 is 1.54 bits per heavy atom. The number of nitrogens with one attached hydrogen (secondary N) is 1. The van der Waals surface area contributed by atoms with Gasteiger partial charge >= 0.3 is 0 Å². The van der Waals surface area contributed by atoms with Crippen LogP contribution in [0.25, 0.3) is 0 Å². The zero-order valence-electron chi connectivity index (χ0n) is 8.34. The summed E-state index contributed by atoms with van der Waals surface area (Å²) in [6, 6.07) is 0. The second-order valence-electron chi connectivity index (χ2n) is 3.45. The molecule has 0 aromatic heterocycles. The molecule has 0 heterocycles. The molecule has 0 saturated carbocycles. The molecule has 1 amide bonds. The smallest absolute Gasteiger partial charge is 0.220 e. The summed E-state index contributed by atoms with van der Waals surface area (Å²) >= 11 is 0. The summed E-state index contributed by atoms with van der Waals surface area (Å²) in [6.07, 6.45) is 1.39. The quantitative estimate of drug-likeness (QED) is 0.552. The topological polar surface area (TPSA) is 69.6 Å². The molecule has 0 radical (unpaired) electrons. The van der Waals surface area contributed by atoms with Crippen molar-refractivity contribution in [3.05, 3.63) is 0 Å². The van der Waals surface area contributed by atoms with E-state index < -0.39 is 5.60 Å². The lowest BCUT2D eigenvalue weighted by Gasteiger charge is -2.21. The summed E-state index contributed by atoms with van der Waals surface area (Å²) in [4.78, 5) is 11.0. The highest BCUT2D eigenvalue weighted by atomic mass is 16.3. The summed E-state index contributed by atoms with van der Waals surface area (Å²) < 4.78 is 0. The molecule has 0 spiro atoms. The third-order valence-electron chi connectivity index (χ3n) is 1.99. The van der Waals surface area contributed by atoms with Crippen molar-refractivity contribution in [3.8, 4) is 0 Å². The molecule has 0 aromatic rings. The van der Waals surface area contributed by atoms with Gasteiger partial charge in [0.2, 0.25) is 5.91 Å². The number of rotatable bonds is 6. The number of carbonyl (C=O) groups is 1. The normalized spacial score (nSPS) is 15.1. The first-order valence-corrected chi connectivity index (χ1v) is 4.62. The largest absolute Gasteiger partial charge is 0.396 e. The van der Waals surface area contributed by atoms with Gasteiger partial charge in [0.05, 0.1) is 5.60 Å². The highest BCUT2D eigenvalue weighted by Crippen LogP contribution is 2.05. The summed E-state index contributed by atoms with van der Waals surface area (Å²) in [7, 11) is 0. The molecule has 0 fully saturated rings. The van der Waals surface area contributed by atoms with E-state index in [2.05, 4.69) is 5.32 Å². The van der Waals surface area contributed by atoms with E-state index in [0.717, 1.165) is 0 Å². The van der Waals surface area contributed by atoms with Crippen LogP contribution in [0.4, 0.5) is 0 Å². The van der Waals surface area contributed by atoms with E-state index in [9.17, 15) is 9.90 Å². The summed E-state index contributed by atoms with van der Waals surface area (Å²) in [5.74, 6) is -0.122. The number of hydrogen-bond acceptors (Lipinski definition) is 3. The third-order valence-corrected chi connectivity index (χ3v) is 1.99. The Kier molecular flexibility index (Phi) is 5.66. The Labute approximate surface area is 79.0 Å². The van der Waals surface area contributed by atoms with E-state index in [0.29, 0.717) is 19.3 Å². The predicted octanol–water partition coefficient (Wildman–Crippen LogP) is 0.0361. The van der Waals surface area contributed by atoms with Crippen LogP contribution in [0.1, 0.15) is 33.1 Å². The van der Waals surface area contributed by atoms with Gasteiger partial charge in [-0.25, -0.2) is 0 Å². The van der Waals surface area contributed by atoms with Crippen molar-refractivity contribution < 1.29 is 15.0 Å². The zero-order valence-corrected chi connectivity index (χ0v) is 8.34. The van der Waals surface area contributed by atoms with Gasteiger partial charge < -0.3 is 15.5 Å². The van der Waals surface area contributed by atoms with Crippen LogP contribution in [0.2, 0.25) is 0 Å². The number of aliphatic hydroxyl groups excluding tert-OH is 1. The van der Waals surface area contributed by atoms with Gasteiger partial charge in [0.25, 0.3) is 0 Å². The number of carbonyl (C=O) groups excluding carboxylic acids is 1. The molecule has 0 bridgehead atoms. The minimum Gasteiger partial charge on any atom is -0.396 e. The minimum absolute atomic E-state index is 0.0254. The molecule has 78 valence electrons. The first kappa shape index (κ1) is 12.4. The second kappa shape index (κ2) is 5.94. The maximum Gasteiger partial charge on any atom is 0.220 e. The number of hydrogen-bond donors (Lipinski definition) is 3. The Morgan fingerprint density at radius 2 is 2.15 bits per heavy atom. The molecule has 0 aliphatic rings. The van der Waals surface area contributed by atoms with Crippen LogP contribution in [0.5, 0.6) is 0 Å². The van der Waals surface area contributed by atoms with Gasteiger partial charge in [-0.15, -0.1) is 0 Å². The Balaban J connectivity index is 3.57. The van der Waals surface area contributed by atoms with Crippen LogP contribution in [0, 0.1) is 0 Å². The van der Waals surface area contributed by atoms with E-state index in [-0.39, 0.29) is 19.1 Å². The molecular formula is C9H19NO3. The third kappa shape index (κ3) is 6.54. The molecule has 3 N–H and O–H groups in total. The van der Waals surface area contributed by atoms with Crippen LogP contribution in [0.3, 0.4) is 0 Å². The first-order chi connectivity index (χ1) is 6.02. The van der Waals surface area contributed by atoms with Gasteiger partial charge in [-0.1, -0.05) is 6.92 Å². The fourth-order valence-corrected chi connectivity index (χ4v) is 0.742. The maximum atomic E-state index is 11.0. The van der Waals surface area contributed by atoms with Crippen molar-refractivity contribution in [2.45, 2.75) is 38.7 Å². The Hall–Kier alpha value is -0.610. The highest BCUT2D eigenvalue weighted by Gasteiger charge is 2.17. The lowest BCUT2D eigenvalue weighted by molar-refractivity contribution is -0.122. The molecule has 1 atom stereocenters. The molecule has 0 aliphatic heterocycles. The molecule has 4 heteroatoms. The van der Waals surface area contributed by atoms with Gasteiger partial charge in [0.1, 0.15) is 0 Å². The molecule has 0 saturated heterocycles. The van der Waals surface area contributed by atoms with E-state index in [1.807, 2.05) is 6.92 Å². The Morgan fingerprint density at radius 3 is 2.62 bits per heavy atom. The fraction of sp³-hybridized carbons (Fsp3) is 0.889. The van der Waals surface area contributed by atoms with Crippen molar-refractivity contribution in [2.75, 3.05) is 13.2 Å². The lowest BCUT2D eigenvalue weighted by atomic mass is 10.0. The van der Waals surface area contributed by atoms with Crippen LogP contribution in [-0.2, 0) is 4.79 Å². The van der Waals surface area contributed by atoms with Crippen molar-refractivity contribution in [1.29, 1.82) is 0 Å². The van der Waals surface area contributed by atoms with Crippen molar-refractivity contribution in [3.63, 3.8) is 0 Å². The van der Waals surface area contributed by atoms with Crippen molar-refractivity contribution >= 4 is 5.91 Å². The van der Waals surface area contributed by atoms with Gasteiger partial charge in [0, 0.05) is 19.6 Å². The summed E-state index contributed by atoms with van der Waals surface area (Å²) in [6.45, 7) is 3.84. The average Bonchev–Trinajstić information content (AvgIpc) is 2.11. The summed E-state index contributed by atoms with van der Waals surface area (Å²) in [5, 5.41) is 20.6. The van der Waals surface area contributed by atoms with E-state index in [1.165, 1.54) is 0 Å². The predicted molar refractivity (Wildman–Crippen MR) is 50.2 cm³/mol. The maximum absolute atomic E-state index is 11.0.